The minimum absolute atomic E-state index is 0.00124. The van der Waals surface area contributed by atoms with Crippen LogP contribution in [0.25, 0.3) is 0 Å². The van der Waals surface area contributed by atoms with Crippen LogP contribution in [0.5, 0.6) is 0 Å². The second-order valence-corrected chi connectivity index (χ2v) is 10.3. The van der Waals surface area contributed by atoms with Gasteiger partial charge in [-0.3, -0.25) is 24.0 Å². The highest BCUT2D eigenvalue weighted by molar-refractivity contribution is 7.92. The molecule has 0 unspecified atom stereocenters. The van der Waals surface area contributed by atoms with Crippen LogP contribution in [-0.2, 0) is 26.2 Å². The number of sulfonamides is 1. The number of non-ortho nitro benzene ring substituents is 1. The molecule has 0 aliphatic carbocycles. The molecule has 0 saturated carbocycles. The topological polar surface area (TPSA) is 130 Å². The molecule has 3 aromatic rings. The van der Waals surface area contributed by atoms with E-state index in [-0.39, 0.29) is 22.8 Å². The maximum Gasteiger partial charge on any atom is 0.271 e. The van der Waals surface area contributed by atoms with Crippen molar-refractivity contribution in [3.63, 3.8) is 0 Å². The molecular formula is C25H25ClN4O6S. The fourth-order valence-electron chi connectivity index (χ4n) is 3.59. The van der Waals surface area contributed by atoms with E-state index in [9.17, 15) is 28.1 Å². The Morgan fingerprint density at radius 3 is 2.27 bits per heavy atom. The lowest BCUT2D eigenvalue weighted by Crippen LogP contribution is -2.50. The molecule has 3 rings (SSSR count). The molecule has 2 amide bonds. The molecule has 0 bridgehead atoms. The van der Waals surface area contributed by atoms with Crippen molar-refractivity contribution >= 4 is 44.8 Å². The standard InChI is InChI=1S/C25H25ClN4O6S/c1-18(25(32)27-2)28(16-19-11-13-20(26)14-12-19)24(31)17-29(21-7-6-8-22(15-21)30(33)34)37(35,36)23-9-4-3-5-10-23/h3-15,18H,16-17H2,1-2H3,(H,27,32)/t18-/m1/s1. The van der Waals surface area contributed by atoms with E-state index >= 15 is 0 Å². The van der Waals surface area contributed by atoms with Crippen LogP contribution >= 0.6 is 11.6 Å². The van der Waals surface area contributed by atoms with Crippen LogP contribution in [0.3, 0.4) is 0 Å². The third-order valence-corrected chi connectivity index (χ3v) is 7.66. The van der Waals surface area contributed by atoms with Crippen LogP contribution in [0.1, 0.15) is 12.5 Å². The Balaban J connectivity index is 2.06. The zero-order valence-electron chi connectivity index (χ0n) is 20.1. The number of carbonyl (C=O) groups is 2. The van der Waals surface area contributed by atoms with Gasteiger partial charge in [0.2, 0.25) is 11.8 Å². The Morgan fingerprint density at radius 2 is 1.68 bits per heavy atom. The van der Waals surface area contributed by atoms with Crippen LogP contribution in [0, 0.1) is 10.1 Å². The highest BCUT2D eigenvalue weighted by Gasteiger charge is 2.32. The van der Waals surface area contributed by atoms with Gasteiger partial charge in [-0.25, -0.2) is 8.42 Å². The summed E-state index contributed by atoms with van der Waals surface area (Å²) in [6.07, 6.45) is 0. The van der Waals surface area contributed by atoms with Gasteiger partial charge in [-0.1, -0.05) is 48.0 Å². The summed E-state index contributed by atoms with van der Waals surface area (Å²) >= 11 is 5.96. The first kappa shape index (κ1) is 27.6. The van der Waals surface area contributed by atoms with Gasteiger partial charge in [0, 0.05) is 30.7 Å². The van der Waals surface area contributed by atoms with E-state index in [1.54, 1.807) is 30.3 Å². The van der Waals surface area contributed by atoms with Crippen LogP contribution in [0.15, 0.2) is 83.8 Å². The molecule has 0 radical (unpaired) electrons. The molecule has 0 saturated heterocycles. The van der Waals surface area contributed by atoms with Crippen molar-refractivity contribution in [1.29, 1.82) is 0 Å². The highest BCUT2D eigenvalue weighted by atomic mass is 35.5. The summed E-state index contributed by atoms with van der Waals surface area (Å²) in [7, 11) is -2.88. The van der Waals surface area contributed by atoms with Crippen molar-refractivity contribution in [3.05, 3.63) is 99.6 Å². The quantitative estimate of drug-likeness (QED) is 0.306. The smallest absolute Gasteiger partial charge is 0.271 e. The number of halogens is 1. The van der Waals surface area contributed by atoms with Crippen LogP contribution in [-0.4, -0.2) is 49.7 Å². The molecule has 10 nitrogen and oxygen atoms in total. The largest absolute Gasteiger partial charge is 0.357 e. The van der Waals surface area contributed by atoms with Crippen molar-refractivity contribution in [3.8, 4) is 0 Å². The lowest BCUT2D eigenvalue weighted by molar-refractivity contribution is -0.384. The van der Waals surface area contributed by atoms with E-state index in [4.69, 9.17) is 11.6 Å². The molecule has 1 atom stereocenters. The third kappa shape index (κ3) is 6.63. The maximum absolute atomic E-state index is 13.6. The number of hydrogen-bond acceptors (Lipinski definition) is 6. The summed E-state index contributed by atoms with van der Waals surface area (Å²) in [5.41, 5.74) is 0.265. The highest BCUT2D eigenvalue weighted by Crippen LogP contribution is 2.27. The lowest BCUT2D eigenvalue weighted by atomic mass is 10.1. The van der Waals surface area contributed by atoms with E-state index in [2.05, 4.69) is 5.32 Å². The molecule has 0 aromatic heterocycles. The lowest BCUT2D eigenvalue weighted by Gasteiger charge is -2.31. The second kappa shape index (κ2) is 11.8. The number of hydrogen-bond donors (Lipinski definition) is 1. The zero-order valence-corrected chi connectivity index (χ0v) is 21.6. The Bertz CT molecular complexity index is 1380. The number of nitrogens with zero attached hydrogens (tertiary/aromatic N) is 3. The molecule has 12 heteroatoms. The van der Waals surface area contributed by atoms with Crippen molar-refractivity contribution in [1.82, 2.24) is 10.2 Å². The number of carbonyl (C=O) groups excluding carboxylic acids is 2. The Morgan fingerprint density at radius 1 is 1.03 bits per heavy atom. The minimum atomic E-state index is -4.31. The molecule has 0 heterocycles. The second-order valence-electron chi connectivity index (χ2n) is 8.04. The number of nitro groups is 1. The number of rotatable bonds is 10. The summed E-state index contributed by atoms with van der Waals surface area (Å²) in [5.74, 6) is -1.13. The molecule has 0 spiro atoms. The first-order valence-electron chi connectivity index (χ1n) is 11.1. The van der Waals surface area contributed by atoms with Gasteiger partial charge in [-0.2, -0.15) is 0 Å². The number of anilines is 1. The van der Waals surface area contributed by atoms with Gasteiger partial charge in [-0.05, 0) is 42.8 Å². The fourth-order valence-corrected chi connectivity index (χ4v) is 5.14. The van der Waals surface area contributed by atoms with Crippen LogP contribution in [0.2, 0.25) is 5.02 Å². The van der Waals surface area contributed by atoms with Crippen molar-refractivity contribution < 1.29 is 22.9 Å². The van der Waals surface area contributed by atoms with E-state index < -0.39 is 39.3 Å². The molecular weight excluding hydrogens is 520 g/mol. The van der Waals surface area contributed by atoms with Crippen LogP contribution < -0.4 is 9.62 Å². The average molecular weight is 545 g/mol. The monoisotopic (exact) mass is 544 g/mol. The maximum atomic E-state index is 13.6. The minimum Gasteiger partial charge on any atom is -0.357 e. The van der Waals surface area contributed by atoms with E-state index in [1.165, 1.54) is 61.3 Å². The normalized spacial score (nSPS) is 11.9. The van der Waals surface area contributed by atoms with Crippen molar-refractivity contribution in [2.75, 3.05) is 17.9 Å². The molecule has 0 aliphatic rings. The number of likely N-dealkylation sites (N-methyl/N-ethyl adjacent to an activating group) is 1. The van der Waals surface area contributed by atoms with Crippen LogP contribution in [0.4, 0.5) is 11.4 Å². The molecule has 0 aliphatic heterocycles. The number of nitro benzene ring substituents is 1. The first-order chi connectivity index (χ1) is 17.5. The number of nitrogens with one attached hydrogen (secondary N) is 1. The third-order valence-electron chi connectivity index (χ3n) is 5.62. The van der Waals surface area contributed by atoms with E-state index in [0.29, 0.717) is 10.6 Å². The van der Waals surface area contributed by atoms with Gasteiger partial charge in [0.15, 0.2) is 0 Å². The Labute approximate surface area is 219 Å². The predicted molar refractivity (Wildman–Crippen MR) is 140 cm³/mol. The number of amides is 2. The van der Waals surface area contributed by atoms with E-state index in [0.717, 1.165) is 10.4 Å². The molecule has 37 heavy (non-hydrogen) atoms. The summed E-state index contributed by atoms with van der Waals surface area (Å²) in [5, 5.41) is 14.3. The summed E-state index contributed by atoms with van der Waals surface area (Å²) in [6, 6.07) is 18.2. The van der Waals surface area contributed by atoms with Gasteiger partial charge in [0.05, 0.1) is 15.5 Å². The average Bonchev–Trinajstić information content (AvgIpc) is 2.90. The molecule has 194 valence electrons. The van der Waals surface area contributed by atoms with E-state index in [1.807, 2.05) is 0 Å². The Hall–Kier alpha value is -3.96. The molecule has 3 aromatic carbocycles. The Kier molecular flexibility index (Phi) is 8.85. The molecule has 0 fully saturated rings. The van der Waals surface area contributed by atoms with Gasteiger partial charge in [-0.15, -0.1) is 0 Å². The SMILES string of the molecule is CNC(=O)[C@@H](C)N(Cc1ccc(Cl)cc1)C(=O)CN(c1cccc([N+](=O)[O-])c1)S(=O)(=O)c1ccccc1. The summed E-state index contributed by atoms with van der Waals surface area (Å²) < 4.78 is 28.0. The summed E-state index contributed by atoms with van der Waals surface area (Å²) in [4.78, 5) is 37.9. The molecule has 1 N–H and O–H groups in total. The van der Waals surface area contributed by atoms with Crippen molar-refractivity contribution in [2.45, 2.75) is 24.4 Å². The number of benzene rings is 3. The first-order valence-corrected chi connectivity index (χ1v) is 12.9. The summed E-state index contributed by atoms with van der Waals surface area (Å²) in [6.45, 7) is 0.822. The zero-order chi connectivity index (χ0) is 27.2. The predicted octanol–water partition coefficient (Wildman–Crippen LogP) is 3.61. The van der Waals surface area contributed by atoms with Gasteiger partial charge < -0.3 is 10.2 Å². The van der Waals surface area contributed by atoms with Crippen molar-refractivity contribution in [2.24, 2.45) is 0 Å². The van der Waals surface area contributed by atoms with Gasteiger partial charge >= 0.3 is 0 Å². The fraction of sp³-hybridized carbons (Fsp3) is 0.200. The van der Waals surface area contributed by atoms with Gasteiger partial charge in [0.1, 0.15) is 12.6 Å². The van der Waals surface area contributed by atoms with Gasteiger partial charge in [0.25, 0.3) is 15.7 Å².